The molecule has 17 heavy (non-hydrogen) atoms. The van der Waals surface area contributed by atoms with Crippen molar-refractivity contribution < 1.29 is 4.79 Å². The van der Waals surface area contributed by atoms with Crippen LogP contribution < -0.4 is 11.1 Å². The van der Waals surface area contributed by atoms with E-state index in [1.54, 1.807) is 17.8 Å². The molecule has 1 aromatic heterocycles. The second kappa shape index (κ2) is 4.87. The number of carbonyl (C=O) groups is 1. The van der Waals surface area contributed by atoms with Crippen molar-refractivity contribution in [3.63, 3.8) is 0 Å². The molecule has 2 atom stereocenters. The normalized spacial score (nSPS) is 15.4. The van der Waals surface area contributed by atoms with Gasteiger partial charge in [-0.25, -0.2) is 0 Å². The van der Waals surface area contributed by atoms with Crippen LogP contribution in [0.5, 0.6) is 0 Å². The Morgan fingerprint density at radius 1 is 1.53 bits per heavy atom. The van der Waals surface area contributed by atoms with Crippen molar-refractivity contribution in [2.75, 3.05) is 0 Å². The molecule has 0 fully saturated rings. The molecule has 0 aromatic carbocycles. The third-order valence-electron chi connectivity index (χ3n) is 2.62. The highest BCUT2D eigenvalue weighted by Crippen LogP contribution is 2.32. The number of aryl methyl sites for hydroxylation is 1. The molecule has 0 aliphatic heterocycles. The fourth-order valence-electron chi connectivity index (χ4n) is 1.66. The minimum atomic E-state index is -0.503. The molecule has 0 aliphatic rings. The third-order valence-corrected chi connectivity index (χ3v) is 2.62. The van der Waals surface area contributed by atoms with Crippen LogP contribution in [0.4, 0.5) is 0 Å². The number of aromatic nitrogens is 2. The Morgan fingerprint density at radius 2 is 2.12 bits per heavy atom. The fourth-order valence-corrected chi connectivity index (χ4v) is 1.66. The van der Waals surface area contributed by atoms with Crippen LogP contribution in [0.25, 0.3) is 0 Å². The maximum absolute atomic E-state index is 11.7. The first kappa shape index (κ1) is 13.7. The highest BCUT2D eigenvalue weighted by molar-refractivity contribution is 5.81. The number of hydrogen-bond acceptors (Lipinski definition) is 3. The number of nitrogens with two attached hydrogens (primary N) is 1. The molecule has 96 valence electrons. The van der Waals surface area contributed by atoms with Crippen LogP contribution in [-0.2, 0) is 11.8 Å². The highest BCUT2D eigenvalue weighted by Gasteiger charge is 2.29. The van der Waals surface area contributed by atoms with Crippen molar-refractivity contribution in [1.29, 1.82) is 0 Å². The van der Waals surface area contributed by atoms with Crippen LogP contribution in [0.15, 0.2) is 12.4 Å². The second-order valence-electron chi connectivity index (χ2n) is 5.54. The molecule has 1 heterocycles. The summed E-state index contributed by atoms with van der Waals surface area (Å²) in [6.45, 7) is 7.91. The minimum Gasteiger partial charge on any atom is -0.347 e. The molecule has 1 amide bonds. The predicted molar refractivity (Wildman–Crippen MR) is 67.2 cm³/mol. The Labute approximate surface area is 102 Å². The molecule has 1 unspecified atom stereocenters. The maximum Gasteiger partial charge on any atom is 0.237 e. The van der Waals surface area contributed by atoms with E-state index in [0.29, 0.717) is 0 Å². The van der Waals surface area contributed by atoms with E-state index in [2.05, 4.69) is 31.2 Å². The summed E-state index contributed by atoms with van der Waals surface area (Å²) in [6.07, 6.45) is 3.69. The van der Waals surface area contributed by atoms with E-state index in [1.807, 2.05) is 13.2 Å². The number of amides is 1. The first-order chi connectivity index (χ1) is 7.71. The summed E-state index contributed by atoms with van der Waals surface area (Å²) in [7, 11) is 1.86. The Hall–Kier alpha value is -1.36. The number of rotatable bonds is 3. The van der Waals surface area contributed by atoms with Gasteiger partial charge in [-0.1, -0.05) is 20.8 Å². The molecule has 5 heteroatoms. The standard InChI is InChI=1S/C12H22N4O/c1-8(13)11(17)15-10(12(2,3)4)9-6-14-16(5)7-9/h6-8,10H,13H2,1-5H3,(H,15,17)/t8-,10?/m1/s1. The smallest absolute Gasteiger partial charge is 0.237 e. The lowest BCUT2D eigenvalue weighted by Crippen LogP contribution is -2.44. The van der Waals surface area contributed by atoms with Gasteiger partial charge >= 0.3 is 0 Å². The van der Waals surface area contributed by atoms with E-state index in [-0.39, 0.29) is 17.4 Å². The molecule has 0 spiro atoms. The minimum absolute atomic E-state index is 0.0882. The zero-order valence-corrected chi connectivity index (χ0v) is 11.2. The summed E-state index contributed by atoms with van der Waals surface area (Å²) in [6, 6.07) is -0.591. The molecule has 1 aromatic rings. The van der Waals surface area contributed by atoms with E-state index in [4.69, 9.17) is 5.73 Å². The number of carbonyl (C=O) groups excluding carboxylic acids is 1. The Balaban J connectivity index is 2.94. The summed E-state index contributed by atoms with van der Waals surface area (Å²) in [5.41, 5.74) is 6.48. The molecular formula is C12H22N4O. The van der Waals surface area contributed by atoms with Crippen LogP contribution >= 0.6 is 0 Å². The monoisotopic (exact) mass is 238 g/mol. The van der Waals surface area contributed by atoms with Crippen molar-refractivity contribution in [3.8, 4) is 0 Å². The molecular weight excluding hydrogens is 216 g/mol. The van der Waals surface area contributed by atoms with Gasteiger partial charge in [0.05, 0.1) is 18.3 Å². The van der Waals surface area contributed by atoms with Crippen LogP contribution in [0.1, 0.15) is 39.3 Å². The van der Waals surface area contributed by atoms with E-state index >= 15 is 0 Å². The highest BCUT2D eigenvalue weighted by atomic mass is 16.2. The second-order valence-corrected chi connectivity index (χ2v) is 5.54. The summed E-state index contributed by atoms with van der Waals surface area (Å²) < 4.78 is 1.73. The lowest BCUT2D eigenvalue weighted by Gasteiger charge is -2.31. The molecule has 0 aliphatic carbocycles. The largest absolute Gasteiger partial charge is 0.347 e. The number of nitrogens with one attached hydrogen (secondary N) is 1. The first-order valence-corrected chi connectivity index (χ1v) is 5.76. The van der Waals surface area contributed by atoms with Gasteiger partial charge in [-0.2, -0.15) is 5.10 Å². The lowest BCUT2D eigenvalue weighted by molar-refractivity contribution is -0.123. The molecule has 3 N–H and O–H groups in total. The Kier molecular flexibility index (Phi) is 3.93. The molecule has 1 rings (SSSR count). The molecule has 0 bridgehead atoms. The van der Waals surface area contributed by atoms with E-state index < -0.39 is 6.04 Å². The average molecular weight is 238 g/mol. The van der Waals surface area contributed by atoms with E-state index in [1.165, 1.54) is 0 Å². The lowest BCUT2D eigenvalue weighted by atomic mass is 9.83. The Bertz CT molecular complexity index is 389. The van der Waals surface area contributed by atoms with Crippen LogP contribution in [0, 0.1) is 5.41 Å². The SMILES string of the molecule is C[C@@H](N)C(=O)NC(c1cnn(C)c1)C(C)(C)C. The van der Waals surface area contributed by atoms with Crippen molar-refractivity contribution in [2.45, 2.75) is 39.8 Å². The quantitative estimate of drug-likeness (QED) is 0.824. The number of hydrogen-bond donors (Lipinski definition) is 2. The average Bonchev–Trinajstić information content (AvgIpc) is 2.58. The first-order valence-electron chi connectivity index (χ1n) is 5.76. The van der Waals surface area contributed by atoms with Gasteiger partial charge in [-0.15, -0.1) is 0 Å². The van der Waals surface area contributed by atoms with Crippen molar-refractivity contribution in [1.82, 2.24) is 15.1 Å². The molecule has 0 saturated heterocycles. The van der Waals surface area contributed by atoms with E-state index in [9.17, 15) is 4.79 Å². The van der Waals surface area contributed by atoms with Gasteiger partial charge in [0, 0.05) is 18.8 Å². The zero-order chi connectivity index (χ0) is 13.2. The molecule has 5 nitrogen and oxygen atoms in total. The fraction of sp³-hybridized carbons (Fsp3) is 0.667. The summed E-state index contributed by atoms with van der Waals surface area (Å²) in [5.74, 6) is -0.145. The van der Waals surface area contributed by atoms with Gasteiger partial charge in [-0.3, -0.25) is 9.48 Å². The zero-order valence-electron chi connectivity index (χ0n) is 11.2. The van der Waals surface area contributed by atoms with Crippen LogP contribution in [0.2, 0.25) is 0 Å². The van der Waals surface area contributed by atoms with Gasteiger partial charge in [0.25, 0.3) is 0 Å². The van der Waals surface area contributed by atoms with Crippen LogP contribution in [-0.4, -0.2) is 21.7 Å². The van der Waals surface area contributed by atoms with Crippen molar-refractivity contribution in [3.05, 3.63) is 18.0 Å². The molecule has 0 saturated carbocycles. The summed E-state index contributed by atoms with van der Waals surface area (Å²) in [4.78, 5) is 11.7. The topological polar surface area (TPSA) is 72.9 Å². The maximum atomic E-state index is 11.7. The third kappa shape index (κ3) is 3.56. The summed E-state index contributed by atoms with van der Waals surface area (Å²) in [5, 5.41) is 7.11. The Morgan fingerprint density at radius 3 is 2.47 bits per heavy atom. The van der Waals surface area contributed by atoms with E-state index in [0.717, 1.165) is 5.56 Å². The number of nitrogens with zero attached hydrogens (tertiary/aromatic N) is 2. The van der Waals surface area contributed by atoms with Gasteiger partial charge < -0.3 is 11.1 Å². The van der Waals surface area contributed by atoms with Gasteiger partial charge in [0.15, 0.2) is 0 Å². The van der Waals surface area contributed by atoms with Gasteiger partial charge in [-0.05, 0) is 12.3 Å². The summed E-state index contributed by atoms with van der Waals surface area (Å²) >= 11 is 0. The van der Waals surface area contributed by atoms with Crippen molar-refractivity contribution >= 4 is 5.91 Å². The van der Waals surface area contributed by atoms with Gasteiger partial charge in [0.1, 0.15) is 0 Å². The van der Waals surface area contributed by atoms with Crippen molar-refractivity contribution in [2.24, 2.45) is 18.2 Å². The van der Waals surface area contributed by atoms with Crippen LogP contribution in [0.3, 0.4) is 0 Å². The van der Waals surface area contributed by atoms with Gasteiger partial charge in [0.2, 0.25) is 5.91 Å². The molecule has 0 radical (unpaired) electrons. The predicted octanol–water partition coefficient (Wildman–Crippen LogP) is 0.971.